The highest BCUT2D eigenvalue weighted by atomic mass is 35.5. The van der Waals surface area contributed by atoms with Crippen molar-refractivity contribution in [2.24, 2.45) is 17.3 Å². The van der Waals surface area contributed by atoms with Gasteiger partial charge >= 0.3 is 0 Å². The molecule has 2 aliphatic carbocycles. The molecule has 0 bridgehead atoms. The molecule has 3 aliphatic rings. The maximum Gasteiger partial charge on any atom is 0.148 e. The fourth-order valence-electron chi connectivity index (χ4n) is 5.96. The summed E-state index contributed by atoms with van der Waals surface area (Å²) in [7, 11) is 0. The molecule has 1 N–H and O–H groups in total. The second-order valence-corrected chi connectivity index (χ2v) is 11.0. The van der Waals surface area contributed by atoms with Crippen LogP contribution in [-0.4, -0.2) is 40.3 Å². The van der Waals surface area contributed by atoms with Crippen molar-refractivity contribution in [1.82, 2.24) is 15.1 Å². The van der Waals surface area contributed by atoms with Crippen LogP contribution in [0.4, 0.5) is 10.2 Å². The van der Waals surface area contributed by atoms with Gasteiger partial charge in [-0.25, -0.2) is 4.39 Å². The molecule has 0 amide bonds. The van der Waals surface area contributed by atoms with Crippen LogP contribution >= 0.6 is 11.6 Å². The number of nitrogens with one attached hydrogen (secondary N) is 1. The molecule has 166 valence electrons. The summed E-state index contributed by atoms with van der Waals surface area (Å²) in [5.74, 6) is 2.05. The van der Waals surface area contributed by atoms with Crippen molar-refractivity contribution in [3.05, 3.63) is 41.2 Å². The van der Waals surface area contributed by atoms with Gasteiger partial charge in [-0.05, 0) is 86.1 Å². The van der Waals surface area contributed by atoms with Crippen molar-refractivity contribution < 1.29 is 4.39 Å². The van der Waals surface area contributed by atoms with Crippen molar-refractivity contribution in [3.63, 3.8) is 0 Å². The minimum atomic E-state index is -0.327. The van der Waals surface area contributed by atoms with Crippen LogP contribution in [-0.2, 0) is 0 Å². The van der Waals surface area contributed by atoms with Crippen molar-refractivity contribution in [2.75, 3.05) is 18.4 Å². The number of likely N-dealkylation sites (tertiary alicyclic amines) is 1. The van der Waals surface area contributed by atoms with E-state index in [0.29, 0.717) is 27.7 Å². The molecule has 1 aliphatic heterocycles. The van der Waals surface area contributed by atoms with Gasteiger partial charge in [0.1, 0.15) is 11.6 Å². The molecule has 4 nitrogen and oxygen atoms in total. The molecule has 6 heteroatoms. The molecule has 1 saturated heterocycles. The molecule has 0 spiro atoms. The lowest BCUT2D eigenvalue weighted by molar-refractivity contribution is 0.119. The molecule has 2 saturated carbocycles. The molecule has 2 heterocycles. The first-order valence-corrected chi connectivity index (χ1v) is 12.0. The average molecular weight is 443 g/mol. The average Bonchev–Trinajstić information content (AvgIpc) is 3.29. The van der Waals surface area contributed by atoms with Crippen molar-refractivity contribution >= 4 is 17.4 Å². The van der Waals surface area contributed by atoms with E-state index in [9.17, 15) is 4.39 Å². The normalized spacial score (nSPS) is 26.8. The highest BCUT2D eigenvalue weighted by Crippen LogP contribution is 2.43. The molecular formula is C25H32ClFN4. The van der Waals surface area contributed by atoms with E-state index in [1.54, 1.807) is 6.07 Å². The van der Waals surface area contributed by atoms with E-state index in [4.69, 9.17) is 11.6 Å². The van der Waals surface area contributed by atoms with Crippen LogP contribution in [0.2, 0.25) is 5.02 Å². The lowest BCUT2D eigenvalue weighted by Gasteiger charge is -2.39. The second-order valence-electron chi connectivity index (χ2n) is 10.6. The van der Waals surface area contributed by atoms with Gasteiger partial charge in [0, 0.05) is 30.7 Å². The number of fused-ring (bicyclic) bond motifs is 1. The highest BCUT2D eigenvalue weighted by Gasteiger charge is 2.43. The number of anilines is 1. The second kappa shape index (κ2) is 8.32. The molecule has 31 heavy (non-hydrogen) atoms. The van der Waals surface area contributed by atoms with Crippen molar-refractivity contribution in [3.8, 4) is 11.3 Å². The van der Waals surface area contributed by atoms with Crippen LogP contribution in [0.25, 0.3) is 11.3 Å². The Kier molecular flexibility index (Phi) is 5.68. The van der Waals surface area contributed by atoms with E-state index in [1.807, 2.05) is 12.1 Å². The molecule has 2 aromatic rings. The Balaban J connectivity index is 1.15. The molecule has 3 fully saturated rings. The number of aromatic nitrogens is 2. The smallest absolute Gasteiger partial charge is 0.148 e. The molecular weight excluding hydrogens is 411 g/mol. The van der Waals surface area contributed by atoms with E-state index in [2.05, 4.69) is 34.3 Å². The summed E-state index contributed by atoms with van der Waals surface area (Å²) in [5.41, 5.74) is 1.70. The summed E-state index contributed by atoms with van der Waals surface area (Å²) < 4.78 is 13.6. The van der Waals surface area contributed by atoms with Crippen LogP contribution < -0.4 is 5.32 Å². The number of nitrogens with zero attached hydrogens (tertiary/aromatic N) is 3. The van der Waals surface area contributed by atoms with Crippen LogP contribution in [0, 0.1) is 23.1 Å². The largest absolute Gasteiger partial charge is 0.366 e. The van der Waals surface area contributed by atoms with E-state index in [1.165, 1.54) is 63.7 Å². The van der Waals surface area contributed by atoms with Crippen molar-refractivity contribution in [2.45, 2.75) is 64.5 Å². The first kappa shape index (κ1) is 21.1. The Labute approximate surface area is 189 Å². The predicted molar refractivity (Wildman–Crippen MR) is 124 cm³/mol. The monoisotopic (exact) mass is 442 g/mol. The molecule has 1 aromatic carbocycles. The summed E-state index contributed by atoms with van der Waals surface area (Å²) in [6.45, 7) is 7.36. The Morgan fingerprint density at radius 3 is 2.39 bits per heavy atom. The summed E-state index contributed by atoms with van der Waals surface area (Å²) in [6, 6.07) is 9.35. The van der Waals surface area contributed by atoms with Gasteiger partial charge in [0.2, 0.25) is 0 Å². The first-order valence-electron chi connectivity index (χ1n) is 11.7. The Hall–Kier alpha value is -1.72. The number of benzene rings is 1. The molecule has 5 rings (SSSR count). The summed E-state index contributed by atoms with van der Waals surface area (Å²) in [5, 5.41) is 12.7. The SMILES string of the molecule is CC1(C)CCC(N2C[C@H]3CC(Nc4ccc(-c5cc(F)ccc5Cl)nn4)C[C@@H]3C2)CC1. The van der Waals surface area contributed by atoms with Gasteiger partial charge < -0.3 is 5.32 Å². The quantitative estimate of drug-likeness (QED) is 0.627. The fourth-order valence-corrected chi connectivity index (χ4v) is 6.17. The number of halogens is 2. The Morgan fingerprint density at radius 1 is 1.03 bits per heavy atom. The zero-order valence-electron chi connectivity index (χ0n) is 18.5. The molecule has 2 atom stereocenters. The maximum absolute atomic E-state index is 13.6. The van der Waals surface area contributed by atoms with Gasteiger partial charge in [-0.3, -0.25) is 4.90 Å². The number of hydrogen-bond acceptors (Lipinski definition) is 4. The van der Waals surface area contributed by atoms with E-state index in [-0.39, 0.29) is 5.82 Å². The summed E-state index contributed by atoms with van der Waals surface area (Å²) in [4.78, 5) is 2.79. The van der Waals surface area contributed by atoms with E-state index >= 15 is 0 Å². The lowest BCUT2D eigenvalue weighted by atomic mass is 9.75. The minimum absolute atomic E-state index is 0.327. The van der Waals surface area contributed by atoms with Crippen LogP contribution in [0.3, 0.4) is 0 Å². The third-order valence-electron chi connectivity index (χ3n) is 7.83. The van der Waals surface area contributed by atoms with Crippen molar-refractivity contribution in [1.29, 1.82) is 0 Å². The van der Waals surface area contributed by atoms with Gasteiger partial charge in [0.25, 0.3) is 0 Å². The third kappa shape index (κ3) is 4.58. The Morgan fingerprint density at radius 2 is 1.74 bits per heavy atom. The summed E-state index contributed by atoms with van der Waals surface area (Å²) in [6.07, 6.45) is 7.88. The van der Waals surface area contributed by atoms with Gasteiger partial charge in [-0.1, -0.05) is 25.4 Å². The predicted octanol–water partition coefficient (Wildman–Crippen LogP) is 6.03. The standard InChI is InChI=1S/C25H32ClFN4/c1-25(2)9-7-20(8-10-25)31-14-16-11-19(12-17(16)15-31)28-24-6-5-23(29-30-24)21-13-18(27)3-4-22(21)26/h3-6,13,16-17,19-20H,7-12,14-15H2,1-2H3,(H,28,30)/t16-,17-/m1/s1. The Bertz CT molecular complexity index is 908. The minimum Gasteiger partial charge on any atom is -0.366 e. The number of rotatable bonds is 4. The molecule has 0 radical (unpaired) electrons. The lowest BCUT2D eigenvalue weighted by Crippen LogP contribution is -2.39. The topological polar surface area (TPSA) is 41.0 Å². The van der Waals surface area contributed by atoms with Gasteiger partial charge in [0.15, 0.2) is 0 Å². The third-order valence-corrected chi connectivity index (χ3v) is 8.15. The van der Waals surface area contributed by atoms with Crippen LogP contribution in [0.15, 0.2) is 30.3 Å². The zero-order valence-corrected chi connectivity index (χ0v) is 19.2. The van der Waals surface area contributed by atoms with E-state index < -0.39 is 0 Å². The van der Waals surface area contributed by atoms with Gasteiger partial charge in [0.05, 0.1) is 10.7 Å². The van der Waals surface area contributed by atoms with Crippen LogP contribution in [0.5, 0.6) is 0 Å². The van der Waals surface area contributed by atoms with E-state index in [0.717, 1.165) is 23.7 Å². The molecule has 1 aromatic heterocycles. The van der Waals surface area contributed by atoms with Crippen LogP contribution in [0.1, 0.15) is 52.4 Å². The number of hydrogen-bond donors (Lipinski definition) is 1. The fraction of sp³-hybridized carbons (Fsp3) is 0.600. The maximum atomic E-state index is 13.6. The van der Waals surface area contributed by atoms with Gasteiger partial charge in [-0.15, -0.1) is 10.2 Å². The first-order chi connectivity index (χ1) is 14.9. The molecule has 0 unspecified atom stereocenters. The summed E-state index contributed by atoms with van der Waals surface area (Å²) >= 11 is 6.19. The van der Waals surface area contributed by atoms with Gasteiger partial charge in [-0.2, -0.15) is 0 Å². The zero-order chi connectivity index (χ0) is 21.6. The highest BCUT2D eigenvalue weighted by molar-refractivity contribution is 6.33.